The molecule has 2 rings (SSSR count). The van der Waals surface area contributed by atoms with Crippen molar-refractivity contribution in [1.29, 1.82) is 0 Å². The minimum Gasteiger partial charge on any atom is -0.462 e. The Bertz CT molecular complexity index is 676. The third kappa shape index (κ3) is 2.35. The van der Waals surface area contributed by atoms with Crippen LogP contribution < -0.4 is 5.63 Å². The maximum atomic E-state index is 11.6. The summed E-state index contributed by atoms with van der Waals surface area (Å²) >= 11 is 11.7. The zero-order chi connectivity index (χ0) is 13.3. The van der Waals surface area contributed by atoms with E-state index >= 15 is 0 Å². The van der Waals surface area contributed by atoms with Gasteiger partial charge < -0.3 is 9.15 Å². The number of carbonyl (C=O) groups is 1. The molecule has 0 saturated heterocycles. The van der Waals surface area contributed by atoms with Gasteiger partial charge in [0.05, 0.1) is 11.6 Å². The molecule has 0 saturated carbocycles. The van der Waals surface area contributed by atoms with Gasteiger partial charge in [-0.05, 0) is 25.1 Å². The number of rotatable bonds is 2. The van der Waals surface area contributed by atoms with Crippen LogP contribution >= 0.6 is 23.2 Å². The Morgan fingerprint density at radius 2 is 2.06 bits per heavy atom. The van der Waals surface area contributed by atoms with Crippen molar-refractivity contribution in [3.8, 4) is 0 Å². The average molecular weight is 287 g/mol. The Hall–Kier alpha value is -1.52. The van der Waals surface area contributed by atoms with Crippen molar-refractivity contribution in [2.24, 2.45) is 0 Å². The third-order valence-corrected chi connectivity index (χ3v) is 2.75. The Morgan fingerprint density at radius 1 is 1.33 bits per heavy atom. The van der Waals surface area contributed by atoms with Gasteiger partial charge in [0.2, 0.25) is 0 Å². The first-order chi connectivity index (χ1) is 8.52. The van der Waals surface area contributed by atoms with E-state index < -0.39 is 11.6 Å². The molecule has 18 heavy (non-hydrogen) atoms. The van der Waals surface area contributed by atoms with Crippen LogP contribution in [-0.2, 0) is 4.74 Å². The van der Waals surface area contributed by atoms with Crippen molar-refractivity contribution >= 4 is 40.1 Å². The summed E-state index contributed by atoms with van der Waals surface area (Å²) in [6, 6.07) is 4.36. The lowest BCUT2D eigenvalue weighted by atomic mass is 10.2. The number of halogens is 2. The van der Waals surface area contributed by atoms with E-state index in [2.05, 4.69) is 0 Å². The molecule has 2 aromatic rings. The lowest BCUT2D eigenvalue weighted by Gasteiger charge is -2.03. The van der Waals surface area contributed by atoms with Crippen LogP contribution in [0, 0.1) is 0 Å². The predicted octanol–water partition coefficient (Wildman–Crippen LogP) is 3.28. The Labute approximate surface area is 112 Å². The van der Waals surface area contributed by atoms with Crippen molar-refractivity contribution in [3.63, 3.8) is 0 Å². The minimum absolute atomic E-state index is 0.173. The molecule has 0 fully saturated rings. The zero-order valence-corrected chi connectivity index (χ0v) is 10.8. The molecular formula is C12H8Cl2O4. The van der Waals surface area contributed by atoms with Gasteiger partial charge in [0.15, 0.2) is 5.58 Å². The van der Waals surface area contributed by atoms with E-state index in [0.29, 0.717) is 10.4 Å². The summed E-state index contributed by atoms with van der Waals surface area (Å²) in [5.74, 6) is -0.732. The van der Waals surface area contributed by atoms with Crippen LogP contribution in [0.25, 0.3) is 11.0 Å². The van der Waals surface area contributed by atoms with E-state index in [1.54, 1.807) is 13.0 Å². The van der Waals surface area contributed by atoms with Crippen molar-refractivity contribution in [2.45, 2.75) is 6.92 Å². The molecule has 0 radical (unpaired) electrons. The largest absolute Gasteiger partial charge is 0.462 e. The fourth-order valence-corrected chi connectivity index (χ4v) is 2.06. The topological polar surface area (TPSA) is 56.5 Å². The fourth-order valence-electron chi connectivity index (χ4n) is 1.51. The van der Waals surface area contributed by atoms with Gasteiger partial charge in [-0.15, -0.1) is 0 Å². The highest BCUT2D eigenvalue weighted by molar-refractivity contribution is 6.38. The Morgan fingerprint density at radius 3 is 2.72 bits per heavy atom. The van der Waals surface area contributed by atoms with Crippen LogP contribution in [0.15, 0.2) is 27.4 Å². The van der Waals surface area contributed by atoms with Gasteiger partial charge >= 0.3 is 11.6 Å². The van der Waals surface area contributed by atoms with Crippen LogP contribution in [0.3, 0.4) is 0 Å². The van der Waals surface area contributed by atoms with Crippen LogP contribution in [0.4, 0.5) is 0 Å². The second-order valence-corrected chi connectivity index (χ2v) is 4.32. The molecule has 4 nitrogen and oxygen atoms in total. The van der Waals surface area contributed by atoms with E-state index in [1.807, 2.05) is 0 Å². The molecule has 0 amide bonds. The number of benzene rings is 1. The van der Waals surface area contributed by atoms with Gasteiger partial charge in [-0.3, -0.25) is 0 Å². The standard InChI is InChI=1S/C12H8Cl2O4/c1-2-17-11(15)8-4-6-3-7(13)5-9(14)10(6)18-12(8)16/h3-5H,2H2,1H3. The fraction of sp³-hybridized carbons (Fsp3) is 0.167. The molecule has 0 aliphatic rings. The van der Waals surface area contributed by atoms with Gasteiger partial charge in [0, 0.05) is 10.4 Å². The molecule has 6 heteroatoms. The summed E-state index contributed by atoms with van der Waals surface area (Å²) in [4.78, 5) is 23.2. The van der Waals surface area contributed by atoms with Crippen molar-refractivity contribution in [3.05, 3.63) is 44.2 Å². The van der Waals surface area contributed by atoms with Gasteiger partial charge in [0.1, 0.15) is 5.56 Å². The van der Waals surface area contributed by atoms with Gasteiger partial charge in [-0.1, -0.05) is 23.2 Å². The molecule has 0 aliphatic heterocycles. The molecular weight excluding hydrogens is 279 g/mol. The minimum atomic E-state index is -0.787. The monoisotopic (exact) mass is 286 g/mol. The summed E-state index contributed by atoms with van der Waals surface area (Å²) in [6.45, 7) is 1.82. The molecule has 0 atom stereocenters. The summed E-state index contributed by atoms with van der Waals surface area (Å²) in [5, 5.41) is 1.07. The molecule has 94 valence electrons. The molecule has 0 unspecified atom stereocenters. The van der Waals surface area contributed by atoms with Crippen molar-refractivity contribution in [2.75, 3.05) is 6.61 Å². The first-order valence-corrected chi connectivity index (χ1v) is 5.88. The number of hydrogen-bond acceptors (Lipinski definition) is 4. The SMILES string of the molecule is CCOC(=O)c1cc2cc(Cl)cc(Cl)c2oc1=O. The van der Waals surface area contributed by atoms with Gasteiger partial charge in [-0.25, -0.2) is 9.59 Å². The third-order valence-electron chi connectivity index (χ3n) is 2.25. The quantitative estimate of drug-likeness (QED) is 0.628. The van der Waals surface area contributed by atoms with E-state index in [9.17, 15) is 9.59 Å². The highest BCUT2D eigenvalue weighted by Gasteiger charge is 2.16. The zero-order valence-electron chi connectivity index (χ0n) is 9.33. The normalized spacial score (nSPS) is 10.6. The molecule has 0 N–H and O–H groups in total. The number of fused-ring (bicyclic) bond motifs is 1. The first kappa shape index (κ1) is 12.9. The lowest BCUT2D eigenvalue weighted by Crippen LogP contribution is -2.16. The van der Waals surface area contributed by atoms with Crippen LogP contribution in [0.5, 0.6) is 0 Å². The predicted molar refractivity (Wildman–Crippen MR) is 68.5 cm³/mol. The van der Waals surface area contributed by atoms with E-state index in [4.69, 9.17) is 32.4 Å². The van der Waals surface area contributed by atoms with Crippen LogP contribution in [-0.4, -0.2) is 12.6 Å². The van der Waals surface area contributed by atoms with Crippen molar-refractivity contribution in [1.82, 2.24) is 0 Å². The Balaban J connectivity index is 2.68. The highest BCUT2D eigenvalue weighted by Crippen LogP contribution is 2.27. The van der Waals surface area contributed by atoms with Crippen LogP contribution in [0.1, 0.15) is 17.3 Å². The Kier molecular flexibility index (Phi) is 3.59. The summed E-state index contributed by atoms with van der Waals surface area (Å²) in [7, 11) is 0. The van der Waals surface area contributed by atoms with E-state index in [0.717, 1.165) is 0 Å². The lowest BCUT2D eigenvalue weighted by molar-refractivity contribution is 0.0522. The molecule has 1 aromatic heterocycles. The maximum Gasteiger partial charge on any atom is 0.351 e. The second kappa shape index (κ2) is 5.00. The molecule has 0 spiro atoms. The van der Waals surface area contributed by atoms with Gasteiger partial charge in [-0.2, -0.15) is 0 Å². The van der Waals surface area contributed by atoms with E-state index in [-0.39, 0.29) is 22.8 Å². The van der Waals surface area contributed by atoms with Gasteiger partial charge in [0.25, 0.3) is 0 Å². The summed E-state index contributed by atoms with van der Waals surface area (Å²) in [5.41, 5.74) is -0.771. The van der Waals surface area contributed by atoms with E-state index in [1.165, 1.54) is 12.1 Å². The second-order valence-electron chi connectivity index (χ2n) is 3.47. The summed E-state index contributed by atoms with van der Waals surface area (Å²) < 4.78 is 9.75. The summed E-state index contributed by atoms with van der Waals surface area (Å²) in [6.07, 6.45) is 0. The van der Waals surface area contributed by atoms with Crippen LogP contribution in [0.2, 0.25) is 10.0 Å². The highest BCUT2D eigenvalue weighted by atomic mass is 35.5. The van der Waals surface area contributed by atoms with Crippen molar-refractivity contribution < 1.29 is 13.9 Å². The number of esters is 1. The first-order valence-electron chi connectivity index (χ1n) is 5.13. The molecule has 0 aliphatic carbocycles. The molecule has 1 aromatic carbocycles. The number of ether oxygens (including phenoxy) is 1. The number of carbonyl (C=O) groups excluding carboxylic acids is 1. The average Bonchev–Trinajstić information content (AvgIpc) is 2.29. The smallest absolute Gasteiger partial charge is 0.351 e. The number of hydrogen-bond donors (Lipinski definition) is 0. The molecule has 0 bridgehead atoms. The maximum absolute atomic E-state index is 11.6. The molecule has 1 heterocycles.